The normalized spacial score (nSPS) is 10.4. The highest BCUT2D eigenvalue weighted by atomic mass is 16.5. The quantitative estimate of drug-likeness (QED) is 0.904. The fraction of sp³-hybridized carbons (Fsp3) is 0.286. The molecule has 0 spiro atoms. The van der Waals surface area contributed by atoms with E-state index in [1.54, 1.807) is 38.2 Å². The topological polar surface area (TPSA) is 73.4 Å². The van der Waals surface area contributed by atoms with Crippen molar-refractivity contribution >= 4 is 5.91 Å². The summed E-state index contributed by atoms with van der Waals surface area (Å²) in [5.74, 6) is 0.578. The molecule has 0 aliphatic rings. The molecule has 2 N–H and O–H groups in total. The smallest absolute Gasteiger partial charge is 0.273 e. The number of nitrogens with zero attached hydrogens (tertiary/aromatic N) is 3. The predicted octanol–water partition coefficient (Wildman–Crippen LogP) is 1.04. The maximum absolute atomic E-state index is 11.9. The number of amides is 1. The van der Waals surface area contributed by atoms with E-state index < -0.39 is 0 Å². The van der Waals surface area contributed by atoms with Crippen LogP contribution in [-0.4, -0.2) is 41.8 Å². The first-order valence-corrected chi connectivity index (χ1v) is 6.21. The molecule has 6 nitrogen and oxygen atoms in total. The highest BCUT2D eigenvalue weighted by molar-refractivity contribution is 5.91. The minimum Gasteiger partial charge on any atom is -0.497 e. The van der Waals surface area contributed by atoms with Gasteiger partial charge in [-0.05, 0) is 17.7 Å². The molecule has 6 heteroatoms. The molecule has 0 unspecified atom stereocenters. The van der Waals surface area contributed by atoms with Crippen LogP contribution in [0.1, 0.15) is 16.1 Å². The van der Waals surface area contributed by atoms with Gasteiger partial charge >= 0.3 is 0 Å². The van der Waals surface area contributed by atoms with Crippen molar-refractivity contribution in [3.8, 4) is 11.4 Å². The van der Waals surface area contributed by atoms with Crippen LogP contribution in [0, 0.1) is 0 Å². The molecule has 0 radical (unpaired) electrons. The van der Waals surface area contributed by atoms with E-state index in [2.05, 4.69) is 5.10 Å². The standard InChI is InChI=1S/C14H18N4O2/c1-17(2)14(19)12-6-7-18(16-12)13-8-11(20-3)5-4-10(13)9-15/h4-8H,9,15H2,1-3H3. The minimum absolute atomic E-state index is 0.138. The zero-order chi connectivity index (χ0) is 14.7. The van der Waals surface area contributed by atoms with E-state index in [-0.39, 0.29) is 5.91 Å². The second kappa shape index (κ2) is 5.75. The van der Waals surface area contributed by atoms with E-state index in [4.69, 9.17) is 10.5 Å². The SMILES string of the molecule is COc1ccc(CN)c(-n2ccc(C(=O)N(C)C)n2)c1. The molecular formula is C14H18N4O2. The number of rotatable bonds is 4. The van der Waals surface area contributed by atoms with Gasteiger partial charge in [0.1, 0.15) is 5.75 Å². The van der Waals surface area contributed by atoms with Crippen LogP contribution in [0.4, 0.5) is 0 Å². The summed E-state index contributed by atoms with van der Waals surface area (Å²) in [6, 6.07) is 7.27. The number of methoxy groups -OCH3 is 1. The van der Waals surface area contributed by atoms with Crippen molar-refractivity contribution < 1.29 is 9.53 Å². The molecule has 2 rings (SSSR count). The number of carbonyl (C=O) groups is 1. The third kappa shape index (κ3) is 2.65. The van der Waals surface area contributed by atoms with E-state index in [9.17, 15) is 4.79 Å². The summed E-state index contributed by atoms with van der Waals surface area (Å²) in [6.45, 7) is 0.385. The van der Waals surface area contributed by atoms with Crippen LogP contribution < -0.4 is 10.5 Å². The molecule has 1 amide bonds. The van der Waals surface area contributed by atoms with Gasteiger partial charge < -0.3 is 15.4 Å². The van der Waals surface area contributed by atoms with E-state index in [1.807, 2.05) is 18.2 Å². The van der Waals surface area contributed by atoms with Crippen LogP contribution in [0.15, 0.2) is 30.5 Å². The maximum Gasteiger partial charge on any atom is 0.273 e. The Morgan fingerprint density at radius 1 is 1.40 bits per heavy atom. The molecule has 0 saturated heterocycles. The third-order valence-electron chi connectivity index (χ3n) is 2.97. The zero-order valence-electron chi connectivity index (χ0n) is 11.8. The molecule has 0 saturated carbocycles. The Balaban J connectivity index is 2.43. The van der Waals surface area contributed by atoms with E-state index in [0.29, 0.717) is 18.0 Å². The Kier molecular flexibility index (Phi) is 4.05. The van der Waals surface area contributed by atoms with Crippen molar-refractivity contribution in [3.63, 3.8) is 0 Å². The van der Waals surface area contributed by atoms with Gasteiger partial charge in [-0.3, -0.25) is 4.79 Å². The van der Waals surface area contributed by atoms with Crippen LogP contribution >= 0.6 is 0 Å². The average molecular weight is 274 g/mol. The van der Waals surface area contributed by atoms with E-state index in [1.165, 1.54) is 4.90 Å². The van der Waals surface area contributed by atoms with Crippen LogP contribution in [0.5, 0.6) is 5.75 Å². The summed E-state index contributed by atoms with van der Waals surface area (Å²) in [7, 11) is 4.99. The molecule has 2 aromatic rings. The first-order chi connectivity index (χ1) is 9.56. The minimum atomic E-state index is -0.138. The largest absolute Gasteiger partial charge is 0.497 e. The first-order valence-electron chi connectivity index (χ1n) is 6.21. The molecule has 106 valence electrons. The summed E-state index contributed by atoms with van der Waals surface area (Å²) < 4.78 is 6.85. The van der Waals surface area contributed by atoms with Crippen molar-refractivity contribution in [2.45, 2.75) is 6.54 Å². The lowest BCUT2D eigenvalue weighted by molar-refractivity contribution is 0.0821. The molecule has 0 bridgehead atoms. The van der Waals surface area contributed by atoms with E-state index >= 15 is 0 Å². The summed E-state index contributed by atoms with van der Waals surface area (Å²) in [4.78, 5) is 13.4. The van der Waals surface area contributed by atoms with Crippen molar-refractivity contribution in [1.29, 1.82) is 0 Å². The summed E-state index contributed by atoms with van der Waals surface area (Å²) in [5, 5.41) is 4.30. The highest BCUT2D eigenvalue weighted by Crippen LogP contribution is 2.21. The fourth-order valence-electron chi connectivity index (χ4n) is 1.86. The van der Waals surface area contributed by atoms with Gasteiger partial charge in [0.25, 0.3) is 5.91 Å². The van der Waals surface area contributed by atoms with Gasteiger partial charge in [-0.1, -0.05) is 6.07 Å². The lowest BCUT2D eigenvalue weighted by Gasteiger charge is -2.10. The van der Waals surface area contributed by atoms with Crippen molar-refractivity contribution in [2.24, 2.45) is 5.73 Å². The second-order valence-corrected chi connectivity index (χ2v) is 4.54. The third-order valence-corrected chi connectivity index (χ3v) is 2.97. The number of carbonyl (C=O) groups excluding carboxylic acids is 1. The zero-order valence-corrected chi connectivity index (χ0v) is 11.8. The predicted molar refractivity (Wildman–Crippen MR) is 76.0 cm³/mol. The van der Waals surface area contributed by atoms with Gasteiger partial charge in [-0.2, -0.15) is 5.10 Å². The number of aromatic nitrogens is 2. The first kappa shape index (κ1) is 14.1. The summed E-state index contributed by atoms with van der Waals surface area (Å²) in [5.41, 5.74) is 7.87. The van der Waals surface area contributed by atoms with Gasteiger partial charge in [-0.25, -0.2) is 4.68 Å². The Hall–Kier alpha value is -2.34. The van der Waals surface area contributed by atoms with Gasteiger partial charge in [0.05, 0.1) is 12.8 Å². The maximum atomic E-state index is 11.9. The Bertz CT molecular complexity index is 619. The van der Waals surface area contributed by atoms with Crippen molar-refractivity contribution in [3.05, 3.63) is 41.7 Å². The number of hydrogen-bond acceptors (Lipinski definition) is 4. The average Bonchev–Trinajstić information content (AvgIpc) is 2.95. The molecular weight excluding hydrogens is 256 g/mol. The van der Waals surface area contributed by atoms with Gasteiger partial charge in [0.2, 0.25) is 0 Å². The van der Waals surface area contributed by atoms with Crippen molar-refractivity contribution in [2.75, 3.05) is 21.2 Å². The Morgan fingerprint density at radius 2 is 2.15 bits per heavy atom. The van der Waals surface area contributed by atoms with Crippen LogP contribution in [0.3, 0.4) is 0 Å². The van der Waals surface area contributed by atoms with Gasteiger partial charge in [0, 0.05) is 32.9 Å². The van der Waals surface area contributed by atoms with Crippen LogP contribution in [0.2, 0.25) is 0 Å². The molecule has 1 aromatic heterocycles. The Morgan fingerprint density at radius 3 is 2.75 bits per heavy atom. The molecule has 0 aliphatic carbocycles. The fourth-order valence-corrected chi connectivity index (χ4v) is 1.86. The van der Waals surface area contributed by atoms with Crippen LogP contribution in [-0.2, 0) is 6.54 Å². The number of ether oxygens (including phenoxy) is 1. The molecule has 0 aliphatic heterocycles. The van der Waals surface area contributed by atoms with Crippen molar-refractivity contribution in [1.82, 2.24) is 14.7 Å². The van der Waals surface area contributed by atoms with E-state index in [0.717, 1.165) is 11.3 Å². The number of hydrogen-bond donors (Lipinski definition) is 1. The summed E-state index contributed by atoms with van der Waals surface area (Å²) >= 11 is 0. The monoisotopic (exact) mass is 274 g/mol. The van der Waals surface area contributed by atoms with Gasteiger partial charge in [-0.15, -0.1) is 0 Å². The molecule has 0 atom stereocenters. The molecule has 20 heavy (non-hydrogen) atoms. The highest BCUT2D eigenvalue weighted by Gasteiger charge is 2.13. The molecule has 0 fully saturated rings. The lowest BCUT2D eigenvalue weighted by Crippen LogP contribution is -2.22. The lowest BCUT2D eigenvalue weighted by atomic mass is 10.1. The molecule has 1 aromatic carbocycles. The van der Waals surface area contributed by atoms with Crippen LogP contribution in [0.25, 0.3) is 5.69 Å². The summed E-state index contributed by atoms with van der Waals surface area (Å²) in [6.07, 6.45) is 1.74. The Labute approximate surface area is 117 Å². The number of nitrogens with two attached hydrogens (primary N) is 1. The molecule has 1 heterocycles. The number of benzene rings is 1. The van der Waals surface area contributed by atoms with Gasteiger partial charge in [0.15, 0.2) is 5.69 Å². The second-order valence-electron chi connectivity index (χ2n) is 4.54.